The van der Waals surface area contributed by atoms with Crippen molar-refractivity contribution in [3.63, 3.8) is 0 Å². The fraction of sp³-hybridized carbons (Fsp3) is 0.500. The summed E-state index contributed by atoms with van der Waals surface area (Å²) in [7, 11) is 1.68. The van der Waals surface area contributed by atoms with Crippen LogP contribution in [0.4, 0.5) is 0 Å². The monoisotopic (exact) mass is 234 g/mol. The first-order valence-corrected chi connectivity index (χ1v) is 5.93. The van der Waals surface area contributed by atoms with E-state index in [1.165, 1.54) is 0 Å². The predicted octanol–water partition coefficient (Wildman–Crippen LogP) is 2.55. The molecule has 3 heteroatoms. The number of esters is 1. The lowest BCUT2D eigenvalue weighted by Gasteiger charge is -2.12. The van der Waals surface area contributed by atoms with Gasteiger partial charge in [-0.3, -0.25) is 4.79 Å². The zero-order valence-corrected chi connectivity index (χ0v) is 10.1. The van der Waals surface area contributed by atoms with Gasteiger partial charge in [-0.1, -0.05) is 30.3 Å². The molecular weight excluding hydrogens is 216 g/mol. The largest absolute Gasteiger partial charge is 0.461 e. The second kappa shape index (κ2) is 5.32. The topological polar surface area (TPSA) is 35.5 Å². The van der Waals surface area contributed by atoms with Crippen LogP contribution in [0.1, 0.15) is 24.8 Å². The predicted molar refractivity (Wildman–Crippen MR) is 64.4 cm³/mol. The molecule has 1 aliphatic carbocycles. The fourth-order valence-corrected chi connectivity index (χ4v) is 1.95. The van der Waals surface area contributed by atoms with Crippen molar-refractivity contribution in [2.45, 2.75) is 25.9 Å². The summed E-state index contributed by atoms with van der Waals surface area (Å²) >= 11 is 0. The molecule has 0 aromatic heterocycles. The maximum Gasteiger partial charge on any atom is 0.306 e. The van der Waals surface area contributed by atoms with Gasteiger partial charge in [0.15, 0.2) is 0 Å². The summed E-state index contributed by atoms with van der Waals surface area (Å²) in [5.41, 5.74) is 1.10. The highest BCUT2D eigenvalue weighted by molar-refractivity contribution is 5.70. The van der Waals surface area contributed by atoms with Gasteiger partial charge in [0.05, 0.1) is 13.0 Å². The van der Waals surface area contributed by atoms with Crippen LogP contribution in [-0.2, 0) is 20.9 Å². The molecule has 0 spiro atoms. The molecule has 0 bridgehead atoms. The molecule has 0 aliphatic heterocycles. The lowest BCUT2D eigenvalue weighted by Crippen LogP contribution is -2.16. The van der Waals surface area contributed by atoms with E-state index in [0.717, 1.165) is 18.4 Å². The van der Waals surface area contributed by atoms with Gasteiger partial charge >= 0.3 is 5.97 Å². The Balaban J connectivity index is 1.75. The van der Waals surface area contributed by atoms with Gasteiger partial charge < -0.3 is 9.47 Å². The molecular formula is C14H18O3. The fourth-order valence-electron chi connectivity index (χ4n) is 1.95. The number of hydrogen-bond donors (Lipinski definition) is 0. The quantitative estimate of drug-likeness (QED) is 0.710. The summed E-state index contributed by atoms with van der Waals surface area (Å²) in [6.07, 6.45) is 2.62. The van der Waals surface area contributed by atoms with E-state index in [9.17, 15) is 4.79 Å². The highest BCUT2D eigenvalue weighted by Gasteiger charge is 2.44. The van der Waals surface area contributed by atoms with Crippen LogP contribution in [0.2, 0.25) is 0 Å². The van der Waals surface area contributed by atoms with Crippen LogP contribution in [0.15, 0.2) is 30.3 Å². The maximum atomic E-state index is 11.7. The molecule has 0 heterocycles. The van der Waals surface area contributed by atoms with Crippen molar-refractivity contribution >= 4 is 5.97 Å². The van der Waals surface area contributed by atoms with Crippen LogP contribution in [-0.4, -0.2) is 19.7 Å². The van der Waals surface area contributed by atoms with Crippen LogP contribution in [0.5, 0.6) is 0 Å². The van der Waals surface area contributed by atoms with Gasteiger partial charge in [0.25, 0.3) is 0 Å². The van der Waals surface area contributed by atoms with Crippen LogP contribution >= 0.6 is 0 Å². The summed E-state index contributed by atoms with van der Waals surface area (Å²) in [6.45, 7) is 1.02. The molecule has 0 unspecified atom stereocenters. The second-order valence-electron chi connectivity index (χ2n) is 4.76. The molecule has 0 atom stereocenters. The van der Waals surface area contributed by atoms with Gasteiger partial charge in [0.2, 0.25) is 0 Å². The Morgan fingerprint density at radius 1 is 1.29 bits per heavy atom. The number of methoxy groups -OCH3 is 1. The number of ether oxygens (including phenoxy) is 2. The van der Waals surface area contributed by atoms with E-state index in [1.807, 2.05) is 30.3 Å². The van der Waals surface area contributed by atoms with Gasteiger partial charge in [-0.15, -0.1) is 0 Å². The van der Waals surface area contributed by atoms with Crippen molar-refractivity contribution in [3.05, 3.63) is 35.9 Å². The third-order valence-electron chi connectivity index (χ3n) is 3.17. The normalized spacial score (nSPS) is 16.5. The first-order valence-electron chi connectivity index (χ1n) is 5.93. The van der Waals surface area contributed by atoms with Crippen molar-refractivity contribution in [3.8, 4) is 0 Å². The Kier molecular flexibility index (Phi) is 3.79. The Labute approximate surface area is 102 Å². The van der Waals surface area contributed by atoms with Gasteiger partial charge in [-0.2, -0.15) is 0 Å². The second-order valence-corrected chi connectivity index (χ2v) is 4.76. The highest BCUT2D eigenvalue weighted by atomic mass is 16.5. The molecule has 92 valence electrons. The number of hydrogen-bond acceptors (Lipinski definition) is 3. The molecule has 1 aromatic rings. The molecule has 1 fully saturated rings. The van der Waals surface area contributed by atoms with Crippen molar-refractivity contribution < 1.29 is 14.3 Å². The summed E-state index contributed by atoms with van der Waals surface area (Å²) in [5.74, 6) is -0.122. The van der Waals surface area contributed by atoms with Crippen LogP contribution < -0.4 is 0 Å². The minimum absolute atomic E-state index is 0.0719. The van der Waals surface area contributed by atoms with E-state index in [-0.39, 0.29) is 11.4 Å². The van der Waals surface area contributed by atoms with Crippen molar-refractivity contribution in [2.75, 3.05) is 13.7 Å². The standard InChI is InChI=1S/C14H18O3/c1-16-11-14(7-8-14)9-13(15)17-10-12-5-3-2-4-6-12/h2-6H,7-11H2,1H3. The molecule has 2 rings (SSSR count). The Morgan fingerprint density at radius 3 is 2.59 bits per heavy atom. The number of carbonyl (C=O) groups excluding carboxylic acids is 1. The van der Waals surface area contributed by atoms with Gasteiger partial charge in [-0.25, -0.2) is 0 Å². The lowest BCUT2D eigenvalue weighted by atomic mass is 10.0. The van der Waals surface area contributed by atoms with Gasteiger partial charge in [0.1, 0.15) is 6.61 Å². The molecule has 1 aromatic carbocycles. The van der Waals surface area contributed by atoms with E-state index < -0.39 is 0 Å². The Hall–Kier alpha value is -1.35. The first kappa shape index (κ1) is 12.1. The summed E-state index contributed by atoms with van der Waals surface area (Å²) in [5, 5.41) is 0. The van der Waals surface area contributed by atoms with Gasteiger partial charge in [0, 0.05) is 12.5 Å². The molecule has 0 amide bonds. The van der Waals surface area contributed by atoms with Gasteiger partial charge in [-0.05, 0) is 18.4 Å². The Morgan fingerprint density at radius 2 is 2.00 bits per heavy atom. The SMILES string of the molecule is COCC1(CC(=O)OCc2ccccc2)CC1. The van der Waals surface area contributed by atoms with Crippen LogP contribution in [0.3, 0.4) is 0 Å². The summed E-state index contributed by atoms with van der Waals surface area (Å²) in [4.78, 5) is 11.7. The number of rotatable bonds is 6. The molecule has 3 nitrogen and oxygen atoms in total. The molecule has 1 saturated carbocycles. The number of carbonyl (C=O) groups is 1. The van der Waals surface area contributed by atoms with Crippen LogP contribution in [0, 0.1) is 5.41 Å². The molecule has 17 heavy (non-hydrogen) atoms. The smallest absolute Gasteiger partial charge is 0.306 e. The third-order valence-corrected chi connectivity index (χ3v) is 3.17. The molecule has 0 radical (unpaired) electrons. The minimum atomic E-state index is -0.122. The average molecular weight is 234 g/mol. The van der Waals surface area contributed by atoms with Crippen molar-refractivity contribution in [1.29, 1.82) is 0 Å². The van der Waals surface area contributed by atoms with E-state index in [0.29, 0.717) is 19.6 Å². The van der Waals surface area contributed by atoms with E-state index in [1.54, 1.807) is 7.11 Å². The van der Waals surface area contributed by atoms with E-state index >= 15 is 0 Å². The number of benzene rings is 1. The zero-order valence-electron chi connectivity index (χ0n) is 10.1. The lowest BCUT2D eigenvalue weighted by molar-refractivity contribution is -0.147. The summed E-state index contributed by atoms with van der Waals surface area (Å²) < 4.78 is 10.4. The van der Waals surface area contributed by atoms with Crippen molar-refractivity contribution in [1.82, 2.24) is 0 Å². The molecule has 1 aliphatic rings. The van der Waals surface area contributed by atoms with Crippen LogP contribution in [0.25, 0.3) is 0 Å². The molecule has 0 saturated heterocycles. The maximum absolute atomic E-state index is 11.7. The zero-order chi connectivity index (χ0) is 12.1. The first-order chi connectivity index (χ1) is 8.24. The van der Waals surface area contributed by atoms with E-state index in [2.05, 4.69) is 0 Å². The Bertz CT molecular complexity index is 368. The third kappa shape index (κ3) is 3.56. The molecule has 0 N–H and O–H groups in total. The minimum Gasteiger partial charge on any atom is -0.461 e. The highest BCUT2D eigenvalue weighted by Crippen LogP contribution is 2.49. The van der Waals surface area contributed by atoms with Crippen molar-refractivity contribution in [2.24, 2.45) is 5.41 Å². The summed E-state index contributed by atoms with van der Waals surface area (Å²) in [6, 6.07) is 9.74. The van der Waals surface area contributed by atoms with E-state index in [4.69, 9.17) is 9.47 Å². The average Bonchev–Trinajstić information content (AvgIpc) is 3.08.